The molecule has 1 aromatic carbocycles. The standard InChI is InChI=1S/C17H15F4NO2/c18-13-5-3-11(4-6-13)14-7-8-15(24-14)16(23)22-9-1-2-12(10-22)17(19,20)21/h3-8,12H,1-2,9-10H2. The molecule has 0 aliphatic carbocycles. The Hall–Kier alpha value is -2.31. The van der Waals surface area contributed by atoms with Crippen molar-refractivity contribution in [2.24, 2.45) is 5.92 Å². The van der Waals surface area contributed by atoms with Gasteiger partial charge in [0.25, 0.3) is 5.91 Å². The van der Waals surface area contributed by atoms with Gasteiger partial charge in [0.15, 0.2) is 5.76 Å². The predicted octanol–water partition coefficient (Wildman–Crippen LogP) is 4.50. The molecule has 1 aromatic heterocycles. The van der Waals surface area contributed by atoms with Crippen molar-refractivity contribution < 1.29 is 26.8 Å². The van der Waals surface area contributed by atoms with Gasteiger partial charge in [-0.1, -0.05) is 0 Å². The Labute approximate surface area is 135 Å². The normalized spacial score (nSPS) is 18.7. The summed E-state index contributed by atoms with van der Waals surface area (Å²) in [5, 5.41) is 0. The molecule has 2 heterocycles. The first kappa shape index (κ1) is 16.5. The lowest BCUT2D eigenvalue weighted by atomic mass is 9.97. The van der Waals surface area contributed by atoms with Crippen LogP contribution in [0.1, 0.15) is 23.4 Å². The number of halogens is 4. The zero-order valence-corrected chi connectivity index (χ0v) is 12.6. The highest BCUT2D eigenvalue weighted by atomic mass is 19.4. The van der Waals surface area contributed by atoms with E-state index in [-0.39, 0.29) is 25.3 Å². The van der Waals surface area contributed by atoms with Crippen LogP contribution in [0.25, 0.3) is 11.3 Å². The molecule has 0 saturated carbocycles. The summed E-state index contributed by atoms with van der Waals surface area (Å²) in [7, 11) is 0. The quantitative estimate of drug-likeness (QED) is 0.754. The Morgan fingerprint density at radius 3 is 2.50 bits per heavy atom. The molecule has 1 atom stereocenters. The highest BCUT2D eigenvalue weighted by molar-refractivity contribution is 5.92. The fourth-order valence-corrected chi connectivity index (χ4v) is 2.81. The van der Waals surface area contributed by atoms with Crippen LogP contribution in [-0.4, -0.2) is 30.1 Å². The zero-order chi connectivity index (χ0) is 17.3. The number of likely N-dealkylation sites (tertiary alicyclic amines) is 1. The molecule has 0 spiro atoms. The van der Waals surface area contributed by atoms with Gasteiger partial charge in [-0.15, -0.1) is 0 Å². The van der Waals surface area contributed by atoms with Crippen molar-refractivity contribution in [1.82, 2.24) is 4.90 Å². The van der Waals surface area contributed by atoms with Crippen LogP contribution in [0, 0.1) is 11.7 Å². The molecule has 1 aliphatic rings. The van der Waals surface area contributed by atoms with E-state index in [1.165, 1.54) is 35.2 Å². The first-order valence-corrected chi connectivity index (χ1v) is 7.56. The molecule has 3 rings (SSSR count). The Kier molecular flexibility index (Phi) is 4.34. The second-order valence-electron chi connectivity index (χ2n) is 5.80. The molecule has 1 unspecified atom stereocenters. The lowest BCUT2D eigenvalue weighted by molar-refractivity contribution is -0.184. The number of rotatable bonds is 2. The summed E-state index contributed by atoms with van der Waals surface area (Å²) in [5.74, 6) is -2.10. The van der Waals surface area contributed by atoms with Crippen LogP contribution in [0.4, 0.5) is 17.6 Å². The van der Waals surface area contributed by atoms with Crippen molar-refractivity contribution in [3.63, 3.8) is 0 Å². The number of benzene rings is 1. The second-order valence-corrected chi connectivity index (χ2v) is 5.80. The Morgan fingerprint density at radius 1 is 1.12 bits per heavy atom. The molecule has 128 valence electrons. The summed E-state index contributed by atoms with van der Waals surface area (Å²) in [5.41, 5.74) is 0.585. The van der Waals surface area contributed by atoms with Crippen molar-refractivity contribution in [2.75, 3.05) is 13.1 Å². The number of alkyl halides is 3. The molecule has 2 aromatic rings. The Morgan fingerprint density at radius 2 is 1.83 bits per heavy atom. The molecule has 0 radical (unpaired) electrons. The van der Waals surface area contributed by atoms with Crippen LogP contribution < -0.4 is 0 Å². The van der Waals surface area contributed by atoms with Gasteiger partial charge in [-0.25, -0.2) is 4.39 Å². The molecule has 0 bridgehead atoms. The largest absolute Gasteiger partial charge is 0.451 e. The lowest BCUT2D eigenvalue weighted by Gasteiger charge is -2.33. The van der Waals surface area contributed by atoms with E-state index in [9.17, 15) is 22.4 Å². The Balaban J connectivity index is 1.75. The predicted molar refractivity (Wildman–Crippen MR) is 78.8 cm³/mol. The highest BCUT2D eigenvalue weighted by Gasteiger charge is 2.43. The summed E-state index contributed by atoms with van der Waals surface area (Å²) in [6, 6.07) is 8.51. The number of amides is 1. The number of furan rings is 1. The lowest BCUT2D eigenvalue weighted by Crippen LogP contribution is -2.44. The monoisotopic (exact) mass is 341 g/mol. The maximum atomic E-state index is 12.9. The molecule has 1 aliphatic heterocycles. The van der Waals surface area contributed by atoms with Crippen LogP contribution in [0.5, 0.6) is 0 Å². The van der Waals surface area contributed by atoms with Crippen molar-refractivity contribution in [2.45, 2.75) is 19.0 Å². The van der Waals surface area contributed by atoms with Gasteiger partial charge in [-0.05, 0) is 49.2 Å². The molecule has 1 saturated heterocycles. The first-order chi connectivity index (χ1) is 11.3. The number of hydrogen-bond acceptors (Lipinski definition) is 2. The van der Waals surface area contributed by atoms with E-state index in [1.807, 2.05) is 0 Å². The molecule has 24 heavy (non-hydrogen) atoms. The molecular weight excluding hydrogens is 326 g/mol. The van der Waals surface area contributed by atoms with Crippen molar-refractivity contribution >= 4 is 5.91 Å². The van der Waals surface area contributed by atoms with Gasteiger partial charge in [0.1, 0.15) is 11.6 Å². The molecule has 1 fully saturated rings. The summed E-state index contributed by atoms with van der Waals surface area (Å²) < 4.78 is 56.9. The highest BCUT2D eigenvalue weighted by Crippen LogP contribution is 2.34. The minimum absolute atomic E-state index is 0.0165. The molecule has 7 heteroatoms. The van der Waals surface area contributed by atoms with Gasteiger partial charge < -0.3 is 9.32 Å². The van der Waals surface area contributed by atoms with Crippen molar-refractivity contribution in [1.29, 1.82) is 0 Å². The first-order valence-electron chi connectivity index (χ1n) is 7.56. The van der Waals surface area contributed by atoms with Crippen LogP contribution in [0.15, 0.2) is 40.8 Å². The van der Waals surface area contributed by atoms with Crippen molar-refractivity contribution in [3.8, 4) is 11.3 Å². The van der Waals surface area contributed by atoms with Crippen molar-refractivity contribution in [3.05, 3.63) is 48.0 Å². The number of piperidine rings is 1. The fraction of sp³-hybridized carbons (Fsp3) is 0.353. The smallest absolute Gasteiger partial charge is 0.393 e. The van der Waals surface area contributed by atoms with E-state index in [0.29, 0.717) is 17.7 Å². The fourth-order valence-electron chi connectivity index (χ4n) is 2.81. The minimum atomic E-state index is -4.30. The summed E-state index contributed by atoms with van der Waals surface area (Å²) in [6.07, 6.45) is -3.96. The summed E-state index contributed by atoms with van der Waals surface area (Å²) in [4.78, 5) is 13.6. The van der Waals surface area contributed by atoms with Gasteiger partial charge >= 0.3 is 6.18 Å². The maximum absolute atomic E-state index is 12.9. The number of nitrogens with zero attached hydrogens (tertiary/aromatic N) is 1. The van der Waals surface area contributed by atoms with Crippen LogP contribution in [0.2, 0.25) is 0 Å². The van der Waals surface area contributed by atoms with Gasteiger partial charge in [0.05, 0.1) is 5.92 Å². The van der Waals surface area contributed by atoms with Gasteiger partial charge in [0.2, 0.25) is 0 Å². The number of carbonyl (C=O) groups excluding carboxylic acids is 1. The van der Waals surface area contributed by atoms with Crippen LogP contribution in [0.3, 0.4) is 0 Å². The van der Waals surface area contributed by atoms with E-state index in [2.05, 4.69) is 0 Å². The van der Waals surface area contributed by atoms with Gasteiger partial charge in [0, 0.05) is 18.7 Å². The maximum Gasteiger partial charge on any atom is 0.393 e. The SMILES string of the molecule is O=C(c1ccc(-c2ccc(F)cc2)o1)N1CCCC(C(F)(F)F)C1. The third kappa shape index (κ3) is 3.44. The van der Waals surface area contributed by atoms with Gasteiger partial charge in [-0.3, -0.25) is 4.79 Å². The topological polar surface area (TPSA) is 33.5 Å². The summed E-state index contributed by atoms with van der Waals surface area (Å²) in [6.45, 7) is -0.0765. The minimum Gasteiger partial charge on any atom is -0.451 e. The number of hydrogen-bond donors (Lipinski definition) is 0. The molecule has 1 amide bonds. The van der Waals surface area contributed by atoms with E-state index in [0.717, 1.165) is 0 Å². The van der Waals surface area contributed by atoms with Crippen LogP contribution >= 0.6 is 0 Å². The average Bonchev–Trinajstić information content (AvgIpc) is 3.04. The Bertz CT molecular complexity index is 721. The third-order valence-electron chi connectivity index (χ3n) is 4.12. The van der Waals surface area contributed by atoms with E-state index < -0.39 is 23.8 Å². The third-order valence-corrected chi connectivity index (χ3v) is 4.12. The average molecular weight is 341 g/mol. The van der Waals surface area contributed by atoms with Gasteiger partial charge in [-0.2, -0.15) is 13.2 Å². The molecule has 3 nitrogen and oxygen atoms in total. The summed E-state index contributed by atoms with van der Waals surface area (Å²) >= 11 is 0. The van der Waals surface area contributed by atoms with E-state index in [4.69, 9.17) is 4.42 Å². The van der Waals surface area contributed by atoms with E-state index in [1.54, 1.807) is 6.07 Å². The van der Waals surface area contributed by atoms with Crippen LogP contribution in [-0.2, 0) is 0 Å². The molecule has 0 N–H and O–H groups in total. The zero-order valence-electron chi connectivity index (χ0n) is 12.6. The van der Waals surface area contributed by atoms with E-state index >= 15 is 0 Å². The second kappa shape index (κ2) is 6.30. The number of carbonyl (C=O) groups is 1. The molecular formula is C17H15F4NO2.